The number of halogens is 1. The minimum absolute atomic E-state index is 0.175. The number of hydrogen-bond acceptors (Lipinski definition) is 5. The zero-order chi connectivity index (χ0) is 16.3. The zero-order valence-electron chi connectivity index (χ0n) is 13.9. The molecule has 0 spiro atoms. The quantitative estimate of drug-likeness (QED) is 0.792. The van der Waals surface area contributed by atoms with E-state index in [1.165, 1.54) is 0 Å². The van der Waals surface area contributed by atoms with Gasteiger partial charge in [0.15, 0.2) is 0 Å². The lowest BCUT2D eigenvalue weighted by Gasteiger charge is -2.42. The fourth-order valence-electron chi connectivity index (χ4n) is 3.72. The molecular formula is C17H22FN5. The Morgan fingerprint density at radius 2 is 2.13 bits per heavy atom. The van der Waals surface area contributed by atoms with Crippen molar-refractivity contribution in [3.8, 4) is 0 Å². The lowest BCUT2D eigenvalue weighted by molar-refractivity contribution is 0.159. The summed E-state index contributed by atoms with van der Waals surface area (Å²) in [6.45, 7) is 9.41. The SMILES string of the molecule is C=C1N=C2c3c(cc(C)c(F)c3NCC3CN(C)CCN23)N1C. The third kappa shape index (κ3) is 2.05. The molecule has 0 amide bonds. The molecule has 0 radical (unpaired) electrons. The Morgan fingerprint density at radius 1 is 1.35 bits per heavy atom. The summed E-state index contributed by atoms with van der Waals surface area (Å²) in [5.74, 6) is 1.38. The Kier molecular flexibility index (Phi) is 3.13. The molecule has 1 saturated heterocycles. The van der Waals surface area contributed by atoms with Crippen molar-refractivity contribution in [2.24, 2.45) is 4.99 Å². The highest BCUT2D eigenvalue weighted by atomic mass is 19.1. The second kappa shape index (κ2) is 4.96. The van der Waals surface area contributed by atoms with Crippen LogP contribution in [-0.4, -0.2) is 62.0 Å². The van der Waals surface area contributed by atoms with E-state index in [0.29, 0.717) is 23.6 Å². The predicted molar refractivity (Wildman–Crippen MR) is 91.7 cm³/mol. The third-order valence-corrected chi connectivity index (χ3v) is 5.10. The van der Waals surface area contributed by atoms with Crippen molar-refractivity contribution >= 4 is 17.2 Å². The van der Waals surface area contributed by atoms with Crippen molar-refractivity contribution in [2.75, 3.05) is 50.5 Å². The van der Waals surface area contributed by atoms with E-state index in [0.717, 1.165) is 36.7 Å². The Labute approximate surface area is 136 Å². The Bertz CT molecular complexity index is 726. The Hall–Kier alpha value is -2.08. The number of likely N-dealkylation sites (N-methyl/N-ethyl adjacent to an activating group) is 1. The van der Waals surface area contributed by atoms with Gasteiger partial charge in [0.25, 0.3) is 0 Å². The molecule has 1 aromatic rings. The number of nitrogens with zero attached hydrogens (tertiary/aromatic N) is 4. The largest absolute Gasteiger partial charge is 0.380 e. The first-order chi connectivity index (χ1) is 11.0. The van der Waals surface area contributed by atoms with Crippen molar-refractivity contribution in [3.63, 3.8) is 0 Å². The molecule has 1 unspecified atom stereocenters. The van der Waals surface area contributed by atoms with E-state index in [9.17, 15) is 4.39 Å². The first-order valence-corrected chi connectivity index (χ1v) is 8.01. The van der Waals surface area contributed by atoms with Gasteiger partial charge in [-0.25, -0.2) is 9.38 Å². The number of hydrogen-bond donors (Lipinski definition) is 1. The smallest absolute Gasteiger partial charge is 0.150 e. The maximum absolute atomic E-state index is 14.8. The van der Waals surface area contributed by atoms with Crippen molar-refractivity contribution in [1.29, 1.82) is 0 Å². The highest BCUT2D eigenvalue weighted by Crippen LogP contribution is 2.40. The van der Waals surface area contributed by atoms with Crippen LogP contribution >= 0.6 is 0 Å². The maximum Gasteiger partial charge on any atom is 0.150 e. The number of aryl methyl sites for hydroxylation is 1. The highest BCUT2D eigenvalue weighted by molar-refractivity contribution is 6.11. The summed E-state index contributed by atoms with van der Waals surface area (Å²) >= 11 is 0. The summed E-state index contributed by atoms with van der Waals surface area (Å²) in [5.41, 5.74) is 3.07. The van der Waals surface area contributed by atoms with Gasteiger partial charge in [0, 0.05) is 33.2 Å². The van der Waals surface area contributed by atoms with Gasteiger partial charge >= 0.3 is 0 Å². The normalized spacial score (nSPS) is 23.7. The van der Waals surface area contributed by atoms with Gasteiger partial charge in [-0.2, -0.15) is 0 Å². The number of piperazine rings is 1. The van der Waals surface area contributed by atoms with Crippen LogP contribution in [0.4, 0.5) is 15.8 Å². The van der Waals surface area contributed by atoms with E-state index in [2.05, 4.69) is 28.7 Å². The summed E-state index contributed by atoms with van der Waals surface area (Å²) in [7, 11) is 4.06. The topological polar surface area (TPSA) is 34.1 Å². The average molecular weight is 315 g/mol. The fourth-order valence-corrected chi connectivity index (χ4v) is 3.72. The second-order valence-electron chi connectivity index (χ2n) is 6.68. The molecule has 0 bridgehead atoms. The van der Waals surface area contributed by atoms with Crippen LogP contribution in [0.1, 0.15) is 11.1 Å². The Morgan fingerprint density at radius 3 is 2.91 bits per heavy atom. The lowest BCUT2D eigenvalue weighted by Crippen LogP contribution is -2.56. The molecule has 1 N–H and O–H groups in total. The average Bonchev–Trinajstić information content (AvgIpc) is 2.67. The van der Waals surface area contributed by atoms with Crippen LogP contribution in [0.25, 0.3) is 0 Å². The molecule has 3 aliphatic heterocycles. The van der Waals surface area contributed by atoms with Gasteiger partial charge in [0.2, 0.25) is 0 Å². The zero-order valence-corrected chi connectivity index (χ0v) is 13.9. The van der Waals surface area contributed by atoms with E-state index in [1.54, 1.807) is 0 Å². The molecule has 5 nitrogen and oxygen atoms in total. The number of amidine groups is 1. The first-order valence-electron chi connectivity index (χ1n) is 8.01. The van der Waals surface area contributed by atoms with Gasteiger partial charge < -0.3 is 20.0 Å². The molecule has 3 heterocycles. The molecule has 3 aliphatic rings. The molecule has 4 rings (SSSR count). The second-order valence-corrected chi connectivity index (χ2v) is 6.68. The van der Waals surface area contributed by atoms with Crippen LogP contribution in [0.15, 0.2) is 23.5 Å². The highest BCUT2D eigenvalue weighted by Gasteiger charge is 2.37. The summed E-state index contributed by atoms with van der Waals surface area (Å²) in [6, 6.07) is 2.18. The van der Waals surface area contributed by atoms with Crippen LogP contribution in [0.2, 0.25) is 0 Å². The van der Waals surface area contributed by atoms with Crippen molar-refractivity contribution in [1.82, 2.24) is 9.80 Å². The van der Waals surface area contributed by atoms with Crippen LogP contribution in [0.5, 0.6) is 0 Å². The summed E-state index contributed by atoms with van der Waals surface area (Å²) in [6.07, 6.45) is 0. The number of benzene rings is 1. The maximum atomic E-state index is 14.8. The molecule has 1 atom stereocenters. The first kappa shape index (κ1) is 14.5. The predicted octanol–water partition coefficient (Wildman–Crippen LogP) is 1.84. The number of nitrogens with one attached hydrogen (secondary N) is 1. The molecule has 0 aliphatic carbocycles. The summed E-state index contributed by atoms with van der Waals surface area (Å²) < 4.78 is 14.8. The van der Waals surface area contributed by atoms with Gasteiger partial charge in [-0.15, -0.1) is 0 Å². The van der Waals surface area contributed by atoms with Gasteiger partial charge in [-0.3, -0.25) is 0 Å². The third-order valence-electron chi connectivity index (χ3n) is 5.10. The van der Waals surface area contributed by atoms with Crippen molar-refractivity contribution < 1.29 is 4.39 Å². The van der Waals surface area contributed by atoms with Gasteiger partial charge in [-0.05, 0) is 25.6 Å². The number of aliphatic imine (C=N–C) groups is 1. The van der Waals surface area contributed by atoms with E-state index in [-0.39, 0.29) is 11.9 Å². The van der Waals surface area contributed by atoms with Gasteiger partial charge in [-0.1, -0.05) is 6.58 Å². The van der Waals surface area contributed by atoms with Crippen LogP contribution < -0.4 is 10.2 Å². The number of rotatable bonds is 0. The lowest BCUT2D eigenvalue weighted by atomic mass is 10.0. The van der Waals surface area contributed by atoms with Crippen LogP contribution in [0.3, 0.4) is 0 Å². The molecule has 1 fully saturated rings. The molecule has 23 heavy (non-hydrogen) atoms. The number of fused-ring (bicyclic) bond motifs is 2. The molecule has 6 heteroatoms. The molecule has 0 aromatic heterocycles. The summed E-state index contributed by atoms with van der Waals surface area (Å²) in [4.78, 5) is 11.3. The van der Waals surface area contributed by atoms with E-state index in [4.69, 9.17) is 4.99 Å². The number of anilines is 2. The van der Waals surface area contributed by atoms with Gasteiger partial charge in [0.1, 0.15) is 17.5 Å². The monoisotopic (exact) mass is 315 g/mol. The molecular weight excluding hydrogens is 293 g/mol. The molecule has 122 valence electrons. The van der Waals surface area contributed by atoms with Crippen LogP contribution in [-0.2, 0) is 0 Å². The summed E-state index contributed by atoms with van der Waals surface area (Å²) in [5, 5.41) is 3.35. The van der Waals surface area contributed by atoms with E-state index < -0.39 is 0 Å². The Balaban J connectivity index is 1.94. The molecule has 0 saturated carbocycles. The van der Waals surface area contributed by atoms with E-state index in [1.807, 2.05) is 24.9 Å². The van der Waals surface area contributed by atoms with Crippen molar-refractivity contribution in [2.45, 2.75) is 13.0 Å². The van der Waals surface area contributed by atoms with Crippen LogP contribution in [0, 0.1) is 12.7 Å². The minimum atomic E-state index is -0.175. The fraction of sp³-hybridized carbons (Fsp3) is 0.471. The standard InChI is InChI=1S/C17H22FN5/c1-10-7-13-14-16(15(10)18)19-8-12-9-21(3)5-6-23(12)17(14)20-11(2)22(13)4/h7,12,19H,2,5-6,8-9H2,1,3-4H3. The molecule has 1 aromatic carbocycles. The van der Waals surface area contributed by atoms with Gasteiger partial charge in [0.05, 0.1) is 23.0 Å². The minimum Gasteiger partial charge on any atom is -0.380 e. The van der Waals surface area contributed by atoms with Crippen molar-refractivity contribution in [3.05, 3.63) is 35.4 Å². The van der Waals surface area contributed by atoms with E-state index >= 15 is 0 Å².